The Bertz CT molecular complexity index is 497. The number of rotatable bonds is 4. The first-order valence-electron chi connectivity index (χ1n) is 5.91. The fourth-order valence-electron chi connectivity index (χ4n) is 1.64. The first-order valence-corrected chi connectivity index (χ1v) is 5.91. The van der Waals surface area contributed by atoms with Crippen LogP contribution in [-0.2, 0) is 9.53 Å². The highest BCUT2D eigenvalue weighted by atomic mass is 16.5. The van der Waals surface area contributed by atoms with Crippen LogP contribution in [0.5, 0.6) is 0 Å². The van der Waals surface area contributed by atoms with Gasteiger partial charge in [0.15, 0.2) is 5.88 Å². The van der Waals surface area contributed by atoms with Crippen LogP contribution < -0.4 is 10.3 Å². The molecule has 19 heavy (non-hydrogen) atoms. The van der Waals surface area contributed by atoms with E-state index in [0.717, 1.165) is 19.0 Å². The van der Waals surface area contributed by atoms with E-state index in [1.807, 2.05) is 6.07 Å². The van der Waals surface area contributed by atoms with Crippen molar-refractivity contribution in [3.05, 3.63) is 17.9 Å². The van der Waals surface area contributed by atoms with Crippen molar-refractivity contribution in [1.29, 1.82) is 5.26 Å². The Balaban J connectivity index is 1.88. The molecule has 7 nitrogen and oxygen atoms in total. The van der Waals surface area contributed by atoms with Gasteiger partial charge in [0.25, 0.3) is 5.91 Å². The van der Waals surface area contributed by atoms with Crippen molar-refractivity contribution in [2.45, 2.75) is 6.42 Å². The van der Waals surface area contributed by atoms with Gasteiger partial charge in [0.2, 0.25) is 0 Å². The molecule has 2 rings (SSSR count). The average Bonchev–Trinajstić information content (AvgIpc) is 2.89. The van der Waals surface area contributed by atoms with Crippen LogP contribution in [0.1, 0.15) is 12.2 Å². The molecule has 1 fully saturated rings. The van der Waals surface area contributed by atoms with Gasteiger partial charge in [0.05, 0.1) is 25.5 Å². The monoisotopic (exact) mass is 262 g/mol. The number of anilines is 1. The molecule has 1 aliphatic rings. The van der Waals surface area contributed by atoms with Gasteiger partial charge in [-0.05, 0) is 6.07 Å². The molecule has 100 valence electrons. The SMILES string of the molecule is N#CCC(=O)NN=Cc1ccc(N2CCOCC2)o1. The van der Waals surface area contributed by atoms with Crippen LogP contribution in [0.2, 0.25) is 0 Å². The Labute approximate surface area is 110 Å². The molecule has 2 heterocycles. The largest absolute Gasteiger partial charge is 0.440 e. The molecule has 0 radical (unpaired) electrons. The van der Waals surface area contributed by atoms with Crippen molar-refractivity contribution in [2.24, 2.45) is 5.10 Å². The second kappa shape index (κ2) is 6.56. The number of hydrazone groups is 1. The maximum atomic E-state index is 11.0. The molecular weight excluding hydrogens is 248 g/mol. The fourth-order valence-corrected chi connectivity index (χ4v) is 1.64. The summed E-state index contributed by atoms with van der Waals surface area (Å²) in [6.07, 6.45) is 1.19. The van der Waals surface area contributed by atoms with E-state index in [0.29, 0.717) is 19.0 Å². The smallest absolute Gasteiger partial charge is 0.254 e. The summed E-state index contributed by atoms with van der Waals surface area (Å²) in [6, 6.07) is 5.35. The molecule has 0 spiro atoms. The number of carbonyl (C=O) groups excluding carboxylic acids is 1. The van der Waals surface area contributed by atoms with Crippen LogP contribution in [0.3, 0.4) is 0 Å². The Morgan fingerprint density at radius 3 is 3.05 bits per heavy atom. The minimum atomic E-state index is -0.446. The zero-order valence-corrected chi connectivity index (χ0v) is 10.3. The highest BCUT2D eigenvalue weighted by Gasteiger charge is 2.14. The third-order valence-electron chi connectivity index (χ3n) is 2.56. The third kappa shape index (κ3) is 3.82. The van der Waals surface area contributed by atoms with Crippen LogP contribution in [0.25, 0.3) is 0 Å². The maximum Gasteiger partial charge on any atom is 0.254 e. The summed E-state index contributed by atoms with van der Waals surface area (Å²) in [5.74, 6) is 0.852. The summed E-state index contributed by atoms with van der Waals surface area (Å²) in [5.41, 5.74) is 2.24. The average molecular weight is 262 g/mol. The van der Waals surface area contributed by atoms with Crippen molar-refractivity contribution in [2.75, 3.05) is 31.2 Å². The van der Waals surface area contributed by atoms with Gasteiger partial charge in [-0.3, -0.25) is 4.79 Å². The Morgan fingerprint density at radius 1 is 1.53 bits per heavy atom. The lowest BCUT2D eigenvalue weighted by Crippen LogP contribution is -2.35. The zero-order valence-electron chi connectivity index (χ0n) is 10.3. The van der Waals surface area contributed by atoms with Gasteiger partial charge in [-0.2, -0.15) is 10.4 Å². The molecule has 0 unspecified atom stereocenters. The van der Waals surface area contributed by atoms with Gasteiger partial charge in [-0.1, -0.05) is 0 Å². The molecule has 0 saturated carbocycles. The van der Waals surface area contributed by atoms with Crippen LogP contribution in [0, 0.1) is 11.3 Å². The van der Waals surface area contributed by atoms with E-state index < -0.39 is 5.91 Å². The topological polar surface area (TPSA) is 90.9 Å². The minimum absolute atomic E-state index is 0.214. The van der Waals surface area contributed by atoms with Crippen molar-refractivity contribution in [3.8, 4) is 6.07 Å². The number of amides is 1. The number of nitrogens with one attached hydrogen (secondary N) is 1. The Hall–Kier alpha value is -2.33. The number of hydrogen-bond donors (Lipinski definition) is 1. The van der Waals surface area contributed by atoms with Crippen molar-refractivity contribution in [1.82, 2.24) is 5.43 Å². The van der Waals surface area contributed by atoms with E-state index >= 15 is 0 Å². The van der Waals surface area contributed by atoms with Crippen molar-refractivity contribution in [3.63, 3.8) is 0 Å². The molecular formula is C12H14N4O3. The molecule has 1 saturated heterocycles. The van der Waals surface area contributed by atoms with Crippen molar-refractivity contribution < 1.29 is 13.9 Å². The lowest BCUT2D eigenvalue weighted by molar-refractivity contribution is -0.120. The van der Waals surface area contributed by atoms with Gasteiger partial charge in [0, 0.05) is 19.2 Å². The third-order valence-corrected chi connectivity index (χ3v) is 2.56. The first kappa shape index (κ1) is 13.1. The van der Waals surface area contributed by atoms with Gasteiger partial charge >= 0.3 is 0 Å². The molecule has 0 aliphatic carbocycles. The molecule has 7 heteroatoms. The molecule has 1 aromatic rings. The fraction of sp³-hybridized carbons (Fsp3) is 0.417. The Kier molecular flexibility index (Phi) is 4.53. The number of ether oxygens (including phenoxy) is 1. The number of nitrogens with zero attached hydrogens (tertiary/aromatic N) is 3. The summed E-state index contributed by atoms with van der Waals surface area (Å²) in [5, 5.41) is 12.0. The highest BCUT2D eigenvalue weighted by Crippen LogP contribution is 2.18. The number of nitriles is 1. The van der Waals surface area contributed by atoms with E-state index in [1.165, 1.54) is 6.21 Å². The molecule has 0 atom stereocenters. The second-order valence-electron chi connectivity index (χ2n) is 3.90. The van der Waals surface area contributed by atoms with Crippen LogP contribution >= 0.6 is 0 Å². The van der Waals surface area contributed by atoms with Crippen LogP contribution in [-0.4, -0.2) is 38.4 Å². The summed E-state index contributed by atoms with van der Waals surface area (Å²) in [6.45, 7) is 2.97. The van der Waals surface area contributed by atoms with Crippen LogP contribution in [0.4, 0.5) is 5.88 Å². The number of furan rings is 1. The van der Waals surface area contributed by atoms with Crippen molar-refractivity contribution >= 4 is 18.0 Å². The molecule has 1 N–H and O–H groups in total. The molecule has 1 amide bonds. The molecule has 0 bridgehead atoms. The molecule has 1 aliphatic heterocycles. The summed E-state index contributed by atoms with van der Waals surface area (Å²) in [4.78, 5) is 13.1. The van der Waals surface area contributed by atoms with E-state index in [9.17, 15) is 4.79 Å². The predicted octanol–water partition coefficient (Wildman–Crippen LogP) is 0.480. The van der Waals surface area contributed by atoms with E-state index in [2.05, 4.69) is 15.4 Å². The number of morpholine rings is 1. The van der Waals surface area contributed by atoms with E-state index in [-0.39, 0.29) is 6.42 Å². The van der Waals surface area contributed by atoms with E-state index in [1.54, 1.807) is 12.1 Å². The summed E-state index contributed by atoms with van der Waals surface area (Å²) < 4.78 is 10.8. The maximum absolute atomic E-state index is 11.0. The van der Waals surface area contributed by atoms with Gasteiger partial charge in [0.1, 0.15) is 12.2 Å². The number of carbonyl (C=O) groups is 1. The summed E-state index contributed by atoms with van der Waals surface area (Å²) in [7, 11) is 0. The number of hydrogen-bond acceptors (Lipinski definition) is 6. The predicted molar refractivity (Wildman–Crippen MR) is 67.7 cm³/mol. The van der Waals surface area contributed by atoms with Gasteiger partial charge in [-0.15, -0.1) is 0 Å². The minimum Gasteiger partial charge on any atom is -0.440 e. The van der Waals surface area contributed by atoms with Gasteiger partial charge < -0.3 is 14.1 Å². The first-order chi connectivity index (χ1) is 9.29. The normalized spacial score (nSPS) is 15.4. The quantitative estimate of drug-likeness (QED) is 0.629. The second-order valence-corrected chi connectivity index (χ2v) is 3.90. The Morgan fingerprint density at radius 2 is 2.32 bits per heavy atom. The molecule has 1 aromatic heterocycles. The summed E-state index contributed by atoms with van der Waals surface area (Å²) >= 11 is 0. The highest BCUT2D eigenvalue weighted by molar-refractivity contribution is 5.81. The standard InChI is InChI=1S/C12H14N4O3/c13-4-3-11(17)15-14-9-10-1-2-12(19-10)16-5-7-18-8-6-16/h1-2,9H,3,5-8H2,(H,15,17). The molecule has 0 aromatic carbocycles. The lowest BCUT2D eigenvalue weighted by Gasteiger charge is -2.26. The van der Waals surface area contributed by atoms with Gasteiger partial charge in [-0.25, -0.2) is 5.43 Å². The zero-order chi connectivity index (χ0) is 13.5. The van der Waals surface area contributed by atoms with Crippen LogP contribution in [0.15, 0.2) is 21.7 Å². The van der Waals surface area contributed by atoms with E-state index in [4.69, 9.17) is 14.4 Å². The lowest BCUT2D eigenvalue weighted by atomic mass is 10.4.